The van der Waals surface area contributed by atoms with Crippen molar-refractivity contribution in [3.8, 4) is 5.69 Å². The second-order valence-electron chi connectivity index (χ2n) is 6.94. The fourth-order valence-corrected chi connectivity index (χ4v) is 3.92. The number of fused-ring (bicyclic) bond motifs is 1. The van der Waals surface area contributed by atoms with Crippen molar-refractivity contribution in [3.63, 3.8) is 0 Å². The van der Waals surface area contributed by atoms with Gasteiger partial charge in [0.1, 0.15) is 5.39 Å². The van der Waals surface area contributed by atoms with Crippen molar-refractivity contribution < 1.29 is 18.0 Å². The summed E-state index contributed by atoms with van der Waals surface area (Å²) in [6, 6.07) is 11.7. The molecule has 2 aromatic carbocycles. The Labute approximate surface area is 194 Å². The Balaban J connectivity index is 1.57. The fraction of sp³-hybridized carbons (Fsp3) is 0.143. The minimum atomic E-state index is -4.58. The zero-order chi connectivity index (χ0) is 23.8. The Bertz CT molecular complexity index is 1390. The number of alkyl halides is 3. The van der Waals surface area contributed by atoms with Gasteiger partial charge < -0.3 is 10.3 Å². The quantitative estimate of drug-likeness (QED) is 0.305. The van der Waals surface area contributed by atoms with Crippen molar-refractivity contribution in [3.05, 3.63) is 75.7 Å². The molecule has 0 saturated carbocycles. The highest BCUT2D eigenvalue weighted by atomic mass is 35.5. The van der Waals surface area contributed by atoms with E-state index in [0.29, 0.717) is 11.3 Å². The lowest BCUT2D eigenvalue weighted by atomic mass is 10.2. The van der Waals surface area contributed by atoms with E-state index in [-0.39, 0.29) is 21.3 Å². The van der Waals surface area contributed by atoms with E-state index in [4.69, 9.17) is 11.6 Å². The molecule has 4 rings (SSSR count). The molecule has 2 aromatic heterocycles. The second kappa shape index (κ2) is 8.91. The molecule has 33 heavy (non-hydrogen) atoms. The minimum absolute atomic E-state index is 0.0340. The first-order chi connectivity index (χ1) is 15.6. The molecule has 0 aliphatic rings. The molecule has 0 aliphatic heterocycles. The predicted molar refractivity (Wildman–Crippen MR) is 120 cm³/mol. The first-order valence-electron chi connectivity index (χ1n) is 9.51. The number of aromatic amines is 1. The number of halogens is 4. The van der Waals surface area contributed by atoms with Crippen LogP contribution in [0, 0.1) is 0 Å². The summed E-state index contributed by atoms with van der Waals surface area (Å²) in [7, 11) is 0. The maximum absolute atomic E-state index is 13.0. The van der Waals surface area contributed by atoms with E-state index in [2.05, 4.69) is 20.4 Å². The number of nitrogens with one attached hydrogen (secondary N) is 2. The topological polar surface area (TPSA) is 92.7 Å². The van der Waals surface area contributed by atoms with Crippen molar-refractivity contribution in [2.45, 2.75) is 23.5 Å². The van der Waals surface area contributed by atoms with E-state index >= 15 is 0 Å². The lowest BCUT2D eigenvalue weighted by Crippen LogP contribution is -2.23. The number of hydrogen-bond acceptors (Lipinski definition) is 5. The van der Waals surface area contributed by atoms with Crippen LogP contribution in [0.5, 0.6) is 0 Å². The standard InChI is InChI=1S/C21H15ClF3N5O2S/c1-11(18(31)27-16-9-12(21(23,24)25)7-8-15(16)22)33-20-28-17-14(19(32)29-20)10-26-30(17)13-5-3-2-4-6-13/h2-11H,1H3,(H,27,31)(H,28,29,32)/t11-/m1/s1. The van der Waals surface area contributed by atoms with E-state index in [1.54, 1.807) is 12.1 Å². The van der Waals surface area contributed by atoms with Gasteiger partial charge in [-0.2, -0.15) is 18.3 Å². The Morgan fingerprint density at radius 3 is 2.64 bits per heavy atom. The molecular weight excluding hydrogens is 479 g/mol. The van der Waals surface area contributed by atoms with Crippen molar-refractivity contribution in [1.29, 1.82) is 0 Å². The highest BCUT2D eigenvalue weighted by molar-refractivity contribution is 8.00. The Kier molecular flexibility index (Phi) is 6.17. The molecule has 0 saturated heterocycles. The van der Waals surface area contributed by atoms with E-state index in [9.17, 15) is 22.8 Å². The lowest BCUT2D eigenvalue weighted by Gasteiger charge is -2.14. The van der Waals surface area contributed by atoms with Crippen LogP contribution >= 0.6 is 23.4 Å². The second-order valence-corrected chi connectivity index (χ2v) is 8.68. The van der Waals surface area contributed by atoms with Gasteiger partial charge in [-0.1, -0.05) is 41.6 Å². The fourth-order valence-electron chi connectivity index (χ4n) is 2.97. The molecule has 1 atom stereocenters. The number of carbonyl (C=O) groups excluding carboxylic acids is 1. The van der Waals surface area contributed by atoms with Gasteiger partial charge in [-0.3, -0.25) is 9.59 Å². The van der Waals surface area contributed by atoms with E-state index in [1.807, 2.05) is 18.2 Å². The van der Waals surface area contributed by atoms with Crippen molar-refractivity contribution >= 4 is 46.0 Å². The van der Waals surface area contributed by atoms with Gasteiger partial charge in [0.05, 0.1) is 33.4 Å². The largest absolute Gasteiger partial charge is 0.416 e. The SMILES string of the molecule is C[C@@H](Sc1nc2c(cnn2-c2ccccc2)c(=O)[nH]1)C(=O)Nc1cc(C(F)(F)F)ccc1Cl. The van der Waals surface area contributed by atoms with Crippen LogP contribution in [0.4, 0.5) is 18.9 Å². The molecule has 2 heterocycles. The first-order valence-corrected chi connectivity index (χ1v) is 10.8. The molecule has 0 spiro atoms. The zero-order valence-electron chi connectivity index (χ0n) is 16.9. The average Bonchev–Trinajstić information content (AvgIpc) is 3.19. The maximum atomic E-state index is 13.0. The first kappa shape index (κ1) is 22.9. The number of amides is 1. The molecule has 0 radical (unpaired) electrons. The van der Waals surface area contributed by atoms with Gasteiger partial charge in [-0.15, -0.1) is 0 Å². The van der Waals surface area contributed by atoms with Crippen LogP contribution < -0.4 is 10.9 Å². The number of aromatic nitrogens is 4. The normalized spacial score (nSPS) is 12.6. The van der Waals surface area contributed by atoms with Gasteiger partial charge in [0.25, 0.3) is 5.56 Å². The summed E-state index contributed by atoms with van der Waals surface area (Å²) in [5, 5.41) is 6.19. The van der Waals surface area contributed by atoms with Gasteiger partial charge in [-0.05, 0) is 37.3 Å². The summed E-state index contributed by atoms with van der Waals surface area (Å²) in [4.78, 5) is 32.1. The third-order valence-corrected chi connectivity index (χ3v) is 5.94. The monoisotopic (exact) mass is 493 g/mol. The molecule has 170 valence electrons. The molecule has 0 unspecified atom stereocenters. The number of para-hydroxylation sites is 1. The summed E-state index contributed by atoms with van der Waals surface area (Å²) in [5.41, 5.74) is -0.526. The van der Waals surface area contributed by atoms with Crippen LogP contribution in [0.2, 0.25) is 5.02 Å². The highest BCUT2D eigenvalue weighted by Gasteiger charge is 2.31. The maximum Gasteiger partial charge on any atom is 0.416 e. The van der Waals surface area contributed by atoms with Gasteiger partial charge >= 0.3 is 6.18 Å². The molecule has 4 aromatic rings. The van der Waals surface area contributed by atoms with E-state index in [1.165, 1.54) is 17.8 Å². The van der Waals surface area contributed by atoms with Gasteiger partial charge in [0.15, 0.2) is 10.8 Å². The number of benzene rings is 2. The minimum Gasteiger partial charge on any atom is -0.324 e. The third-order valence-electron chi connectivity index (χ3n) is 4.63. The number of rotatable bonds is 5. The number of nitrogens with zero attached hydrogens (tertiary/aromatic N) is 3. The Morgan fingerprint density at radius 1 is 1.21 bits per heavy atom. The third kappa shape index (κ3) is 4.88. The van der Waals surface area contributed by atoms with Gasteiger partial charge in [0.2, 0.25) is 5.91 Å². The molecule has 0 bridgehead atoms. The summed E-state index contributed by atoms with van der Waals surface area (Å²) < 4.78 is 40.4. The summed E-state index contributed by atoms with van der Waals surface area (Å²) >= 11 is 6.88. The van der Waals surface area contributed by atoms with Crippen molar-refractivity contribution in [2.75, 3.05) is 5.32 Å². The van der Waals surface area contributed by atoms with Crippen molar-refractivity contribution in [1.82, 2.24) is 19.7 Å². The smallest absolute Gasteiger partial charge is 0.324 e. The van der Waals surface area contributed by atoms with Crippen LogP contribution in [0.1, 0.15) is 12.5 Å². The van der Waals surface area contributed by atoms with Crippen LogP contribution in [-0.2, 0) is 11.0 Å². The van der Waals surface area contributed by atoms with Crippen LogP contribution in [0.3, 0.4) is 0 Å². The molecule has 0 aliphatic carbocycles. The number of hydrogen-bond donors (Lipinski definition) is 2. The number of thioether (sulfide) groups is 1. The van der Waals surface area contributed by atoms with Crippen LogP contribution in [0.25, 0.3) is 16.7 Å². The summed E-state index contributed by atoms with van der Waals surface area (Å²) in [6.45, 7) is 1.53. The van der Waals surface area contributed by atoms with E-state index in [0.717, 1.165) is 30.0 Å². The average molecular weight is 494 g/mol. The van der Waals surface area contributed by atoms with Gasteiger partial charge in [0, 0.05) is 0 Å². The summed E-state index contributed by atoms with van der Waals surface area (Å²) in [5.74, 6) is -0.611. The molecule has 12 heteroatoms. The predicted octanol–water partition coefficient (Wildman–Crippen LogP) is 4.90. The lowest BCUT2D eigenvalue weighted by molar-refractivity contribution is -0.137. The number of anilines is 1. The van der Waals surface area contributed by atoms with Gasteiger partial charge in [-0.25, -0.2) is 9.67 Å². The zero-order valence-corrected chi connectivity index (χ0v) is 18.4. The summed E-state index contributed by atoms with van der Waals surface area (Å²) in [6.07, 6.45) is -3.18. The highest BCUT2D eigenvalue weighted by Crippen LogP contribution is 2.34. The van der Waals surface area contributed by atoms with E-state index < -0.39 is 28.5 Å². The molecular formula is C21H15ClF3N5O2S. The number of H-pyrrole nitrogens is 1. The molecule has 1 amide bonds. The van der Waals surface area contributed by atoms with Crippen LogP contribution in [-0.4, -0.2) is 30.9 Å². The van der Waals surface area contributed by atoms with Crippen molar-refractivity contribution in [2.24, 2.45) is 0 Å². The molecule has 2 N–H and O–H groups in total. The Hall–Kier alpha value is -3.31. The van der Waals surface area contributed by atoms with Crippen LogP contribution in [0.15, 0.2) is 64.7 Å². The Morgan fingerprint density at radius 2 is 1.94 bits per heavy atom. The molecule has 0 fully saturated rings. The number of carbonyl (C=O) groups is 1. The molecule has 7 nitrogen and oxygen atoms in total.